The van der Waals surface area contributed by atoms with Crippen LogP contribution in [0, 0.1) is 0 Å². The average Bonchev–Trinajstić information content (AvgIpc) is 2.48. The number of aliphatic hydroxyl groups is 1. The van der Waals surface area contributed by atoms with E-state index in [4.69, 9.17) is 0 Å². The Morgan fingerprint density at radius 2 is 1.71 bits per heavy atom. The third-order valence-electron chi connectivity index (χ3n) is 3.48. The zero-order valence-electron chi connectivity index (χ0n) is 12.5. The summed E-state index contributed by atoms with van der Waals surface area (Å²) in [6, 6.07) is 15.4. The van der Waals surface area contributed by atoms with Crippen molar-refractivity contribution in [3.63, 3.8) is 0 Å². The van der Waals surface area contributed by atoms with Crippen LogP contribution in [0.1, 0.15) is 36.6 Å². The van der Waals surface area contributed by atoms with Gasteiger partial charge in [-0.1, -0.05) is 49.4 Å². The molecule has 2 aromatic carbocycles. The van der Waals surface area contributed by atoms with Crippen molar-refractivity contribution < 1.29 is 9.90 Å². The third kappa shape index (κ3) is 4.17. The Hall–Kier alpha value is -2.13. The first kappa shape index (κ1) is 15.3. The van der Waals surface area contributed by atoms with Crippen LogP contribution in [0.2, 0.25) is 0 Å². The number of carbonyl (C=O) groups is 1. The van der Waals surface area contributed by atoms with Gasteiger partial charge >= 0.3 is 0 Å². The predicted molar refractivity (Wildman–Crippen MR) is 85.2 cm³/mol. The molecule has 1 atom stereocenters. The number of anilines is 1. The van der Waals surface area contributed by atoms with Crippen molar-refractivity contribution in [2.75, 3.05) is 5.32 Å². The van der Waals surface area contributed by atoms with Crippen LogP contribution in [0.4, 0.5) is 5.69 Å². The SMILES string of the molecule is CCc1ccc(CC(=O)Nc2ccccc2C(C)O)cc1. The Kier molecular flexibility index (Phi) is 5.12. The van der Waals surface area contributed by atoms with Gasteiger partial charge in [-0.25, -0.2) is 0 Å². The smallest absolute Gasteiger partial charge is 0.228 e. The zero-order chi connectivity index (χ0) is 15.2. The lowest BCUT2D eigenvalue weighted by atomic mass is 10.1. The number of aryl methyl sites for hydroxylation is 1. The molecule has 2 aromatic rings. The highest BCUT2D eigenvalue weighted by Crippen LogP contribution is 2.22. The monoisotopic (exact) mass is 283 g/mol. The van der Waals surface area contributed by atoms with E-state index in [9.17, 15) is 9.90 Å². The first-order chi connectivity index (χ1) is 10.1. The number of benzene rings is 2. The van der Waals surface area contributed by atoms with E-state index in [1.54, 1.807) is 13.0 Å². The second-order valence-electron chi connectivity index (χ2n) is 5.16. The quantitative estimate of drug-likeness (QED) is 0.882. The van der Waals surface area contributed by atoms with Crippen molar-refractivity contribution in [3.8, 4) is 0 Å². The van der Waals surface area contributed by atoms with Gasteiger partial charge in [0.2, 0.25) is 5.91 Å². The molecule has 0 spiro atoms. The van der Waals surface area contributed by atoms with Gasteiger partial charge < -0.3 is 10.4 Å². The van der Waals surface area contributed by atoms with Crippen LogP contribution in [0.25, 0.3) is 0 Å². The number of rotatable bonds is 5. The molecule has 3 nitrogen and oxygen atoms in total. The minimum Gasteiger partial charge on any atom is -0.389 e. The molecule has 0 aliphatic rings. The molecule has 0 bridgehead atoms. The van der Waals surface area contributed by atoms with E-state index < -0.39 is 6.10 Å². The van der Waals surface area contributed by atoms with Crippen molar-refractivity contribution >= 4 is 11.6 Å². The molecule has 1 unspecified atom stereocenters. The Bertz CT molecular complexity index is 603. The molecular formula is C18H21NO2. The normalized spacial score (nSPS) is 12.0. The number of nitrogens with one attached hydrogen (secondary N) is 1. The van der Waals surface area contributed by atoms with Gasteiger partial charge in [0, 0.05) is 11.3 Å². The van der Waals surface area contributed by atoms with Gasteiger partial charge in [-0.15, -0.1) is 0 Å². The van der Waals surface area contributed by atoms with Gasteiger partial charge in [0.1, 0.15) is 0 Å². The summed E-state index contributed by atoms with van der Waals surface area (Å²) in [7, 11) is 0. The largest absolute Gasteiger partial charge is 0.389 e. The zero-order valence-corrected chi connectivity index (χ0v) is 12.5. The molecule has 2 rings (SSSR count). The first-order valence-corrected chi connectivity index (χ1v) is 7.24. The highest BCUT2D eigenvalue weighted by Gasteiger charge is 2.10. The van der Waals surface area contributed by atoms with E-state index in [1.807, 2.05) is 42.5 Å². The van der Waals surface area contributed by atoms with Crippen LogP contribution in [0.5, 0.6) is 0 Å². The molecule has 0 aliphatic heterocycles. The molecular weight excluding hydrogens is 262 g/mol. The van der Waals surface area contributed by atoms with Gasteiger partial charge in [0.25, 0.3) is 0 Å². The second-order valence-corrected chi connectivity index (χ2v) is 5.16. The van der Waals surface area contributed by atoms with E-state index in [2.05, 4.69) is 12.2 Å². The maximum absolute atomic E-state index is 12.1. The molecule has 0 radical (unpaired) electrons. The average molecular weight is 283 g/mol. The molecule has 0 saturated carbocycles. The predicted octanol–water partition coefficient (Wildman–Crippen LogP) is 3.48. The maximum atomic E-state index is 12.1. The molecule has 1 amide bonds. The molecule has 0 fully saturated rings. The van der Waals surface area contributed by atoms with Crippen molar-refractivity contribution in [2.24, 2.45) is 0 Å². The third-order valence-corrected chi connectivity index (χ3v) is 3.48. The van der Waals surface area contributed by atoms with E-state index >= 15 is 0 Å². The van der Waals surface area contributed by atoms with E-state index in [0.717, 1.165) is 17.5 Å². The lowest BCUT2D eigenvalue weighted by Crippen LogP contribution is -2.16. The lowest BCUT2D eigenvalue weighted by molar-refractivity contribution is -0.115. The number of carbonyl (C=O) groups excluding carboxylic acids is 1. The molecule has 0 aromatic heterocycles. The molecule has 110 valence electrons. The number of hydrogen-bond acceptors (Lipinski definition) is 2. The van der Waals surface area contributed by atoms with Crippen LogP contribution in [0.3, 0.4) is 0 Å². The van der Waals surface area contributed by atoms with Crippen LogP contribution < -0.4 is 5.32 Å². The van der Waals surface area contributed by atoms with Crippen molar-refractivity contribution in [3.05, 3.63) is 65.2 Å². The maximum Gasteiger partial charge on any atom is 0.228 e. The Balaban J connectivity index is 2.04. The van der Waals surface area contributed by atoms with Crippen LogP contribution in [-0.2, 0) is 17.6 Å². The Morgan fingerprint density at radius 1 is 1.10 bits per heavy atom. The van der Waals surface area contributed by atoms with Crippen molar-refractivity contribution in [1.82, 2.24) is 0 Å². The summed E-state index contributed by atoms with van der Waals surface area (Å²) in [4.78, 5) is 12.1. The lowest BCUT2D eigenvalue weighted by Gasteiger charge is -2.13. The van der Waals surface area contributed by atoms with Crippen molar-refractivity contribution in [1.29, 1.82) is 0 Å². The minimum atomic E-state index is -0.606. The molecule has 3 heteroatoms. The van der Waals surface area contributed by atoms with E-state index in [1.165, 1.54) is 5.56 Å². The fourth-order valence-electron chi connectivity index (χ4n) is 2.25. The number of amides is 1. The number of hydrogen-bond donors (Lipinski definition) is 2. The summed E-state index contributed by atoms with van der Waals surface area (Å²) in [5.41, 5.74) is 3.65. The number of para-hydroxylation sites is 1. The molecule has 21 heavy (non-hydrogen) atoms. The van der Waals surface area contributed by atoms with Crippen LogP contribution >= 0.6 is 0 Å². The van der Waals surface area contributed by atoms with Gasteiger partial charge in [0.05, 0.1) is 12.5 Å². The summed E-state index contributed by atoms with van der Waals surface area (Å²) in [5, 5.41) is 12.6. The van der Waals surface area contributed by atoms with Crippen LogP contribution in [0.15, 0.2) is 48.5 Å². The second kappa shape index (κ2) is 7.04. The topological polar surface area (TPSA) is 49.3 Å². The molecule has 2 N–H and O–H groups in total. The van der Waals surface area contributed by atoms with Gasteiger partial charge in [-0.05, 0) is 30.5 Å². The van der Waals surface area contributed by atoms with E-state index in [-0.39, 0.29) is 5.91 Å². The summed E-state index contributed by atoms with van der Waals surface area (Å²) in [6.07, 6.45) is 0.720. The van der Waals surface area contributed by atoms with Crippen LogP contribution in [-0.4, -0.2) is 11.0 Å². The van der Waals surface area contributed by atoms with Gasteiger partial charge in [-0.2, -0.15) is 0 Å². The molecule has 0 heterocycles. The van der Waals surface area contributed by atoms with Gasteiger partial charge in [0.15, 0.2) is 0 Å². The fraction of sp³-hybridized carbons (Fsp3) is 0.278. The first-order valence-electron chi connectivity index (χ1n) is 7.24. The summed E-state index contributed by atoms with van der Waals surface area (Å²) < 4.78 is 0. The highest BCUT2D eigenvalue weighted by molar-refractivity contribution is 5.93. The summed E-state index contributed by atoms with van der Waals surface area (Å²) in [5.74, 6) is -0.0765. The molecule has 0 saturated heterocycles. The summed E-state index contributed by atoms with van der Waals surface area (Å²) in [6.45, 7) is 3.79. The Morgan fingerprint density at radius 3 is 2.33 bits per heavy atom. The minimum absolute atomic E-state index is 0.0765. The van der Waals surface area contributed by atoms with Gasteiger partial charge in [-0.3, -0.25) is 4.79 Å². The highest BCUT2D eigenvalue weighted by atomic mass is 16.3. The standard InChI is InChI=1S/C18H21NO2/c1-3-14-8-10-15(11-9-14)12-18(21)19-17-7-5-4-6-16(17)13(2)20/h4-11,13,20H,3,12H2,1-2H3,(H,19,21). The fourth-order valence-corrected chi connectivity index (χ4v) is 2.25. The number of aliphatic hydroxyl groups excluding tert-OH is 1. The Labute approximate surface area is 125 Å². The van der Waals surface area contributed by atoms with E-state index in [0.29, 0.717) is 12.1 Å². The summed E-state index contributed by atoms with van der Waals surface area (Å²) >= 11 is 0. The van der Waals surface area contributed by atoms with Crippen molar-refractivity contribution in [2.45, 2.75) is 32.8 Å². The molecule has 0 aliphatic carbocycles.